The number of imide groups is 1. The van der Waals surface area contributed by atoms with E-state index in [1.165, 1.54) is 29.7 Å². The van der Waals surface area contributed by atoms with Crippen molar-refractivity contribution in [2.75, 3.05) is 18.6 Å². The second-order valence-electron chi connectivity index (χ2n) is 9.43. The molecule has 37 heavy (non-hydrogen) atoms. The molecule has 2 aliphatic rings. The van der Waals surface area contributed by atoms with Crippen LogP contribution >= 0.6 is 0 Å². The minimum absolute atomic E-state index is 0.161. The highest BCUT2D eigenvalue weighted by atomic mass is 16.5. The molecule has 0 radical (unpaired) electrons. The molecule has 0 N–H and O–H groups in total. The molecule has 0 spiro atoms. The van der Waals surface area contributed by atoms with Crippen molar-refractivity contribution in [2.24, 2.45) is 11.8 Å². The fraction of sp³-hybridized carbons (Fsp3) is 0.267. The molecule has 7 nitrogen and oxygen atoms in total. The molecule has 1 aliphatic carbocycles. The third kappa shape index (κ3) is 4.89. The number of carbonyl (C=O) groups excluding carboxylic acids is 4. The Hall–Kier alpha value is -4.26. The summed E-state index contributed by atoms with van der Waals surface area (Å²) < 4.78 is 10.4. The summed E-state index contributed by atoms with van der Waals surface area (Å²) in [6, 6.07) is 22.9. The summed E-state index contributed by atoms with van der Waals surface area (Å²) >= 11 is 0. The topological polar surface area (TPSA) is 90.0 Å². The van der Waals surface area contributed by atoms with Gasteiger partial charge in [-0.05, 0) is 61.1 Å². The van der Waals surface area contributed by atoms with E-state index < -0.39 is 12.6 Å². The summed E-state index contributed by atoms with van der Waals surface area (Å²) in [4.78, 5) is 53.0. The maximum atomic E-state index is 13.4. The quantitative estimate of drug-likeness (QED) is 0.264. The molecule has 1 saturated carbocycles. The first-order valence-electron chi connectivity index (χ1n) is 12.3. The number of amides is 2. The van der Waals surface area contributed by atoms with Crippen LogP contribution in [0, 0.1) is 11.8 Å². The van der Waals surface area contributed by atoms with Gasteiger partial charge in [0.1, 0.15) is 5.75 Å². The first-order chi connectivity index (χ1) is 18.0. The second-order valence-corrected chi connectivity index (χ2v) is 9.43. The van der Waals surface area contributed by atoms with Crippen molar-refractivity contribution in [3.63, 3.8) is 0 Å². The predicted octanol–water partition coefficient (Wildman–Crippen LogP) is 4.81. The Morgan fingerprint density at radius 1 is 0.838 bits per heavy atom. The zero-order chi connectivity index (χ0) is 25.9. The van der Waals surface area contributed by atoms with Crippen molar-refractivity contribution in [1.82, 2.24) is 0 Å². The Bertz CT molecular complexity index is 1350. The fourth-order valence-electron chi connectivity index (χ4n) is 5.33. The fourth-order valence-corrected chi connectivity index (χ4v) is 5.33. The molecule has 188 valence electrons. The van der Waals surface area contributed by atoms with Gasteiger partial charge in [-0.3, -0.25) is 19.3 Å². The second kappa shape index (κ2) is 10.4. The Balaban J connectivity index is 1.27. The van der Waals surface area contributed by atoms with Crippen LogP contribution in [-0.2, 0) is 14.3 Å². The lowest BCUT2D eigenvalue weighted by Gasteiger charge is -2.28. The SMILES string of the molecule is COc1cccc(C(=O)COC(=O)c2cccc(N3C(=O)C4CCC(c5ccccc5)CC4C3=O)c2)c1. The van der Waals surface area contributed by atoms with Crippen molar-refractivity contribution >= 4 is 29.3 Å². The summed E-state index contributed by atoms with van der Waals surface area (Å²) in [5.41, 5.74) is 2.06. The van der Waals surface area contributed by atoms with Crippen LogP contribution < -0.4 is 9.64 Å². The van der Waals surface area contributed by atoms with Gasteiger partial charge in [0.05, 0.1) is 30.2 Å². The van der Waals surface area contributed by atoms with Gasteiger partial charge in [0.25, 0.3) is 0 Å². The third-order valence-electron chi connectivity index (χ3n) is 7.26. The summed E-state index contributed by atoms with van der Waals surface area (Å²) in [6.45, 7) is -0.442. The number of anilines is 1. The maximum Gasteiger partial charge on any atom is 0.338 e. The number of nitrogens with zero attached hydrogens (tertiary/aromatic N) is 1. The number of rotatable bonds is 7. The van der Waals surface area contributed by atoms with Gasteiger partial charge < -0.3 is 9.47 Å². The van der Waals surface area contributed by atoms with E-state index in [-0.39, 0.29) is 40.9 Å². The molecule has 2 amide bonds. The van der Waals surface area contributed by atoms with E-state index in [0.717, 1.165) is 6.42 Å². The van der Waals surface area contributed by atoms with E-state index >= 15 is 0 Å². The molecule has 1 aliphatic heterocycles. The van der Waals surface area contributed by atoms with Gasteiger partial charge in [-0.15, -0.1) is 0 Å². The smallest absolute Gasteiger partial charge is 0.338 e. The van der Waals surface area contributed by atoms with Crippen molar-refractivity contribution in [1.29, 1.82) is 0 Å². The highest BCUT2D eigenvalue weighted by Gasteiger charge is 2.50. The standard InChI is InChI=1S/C30H27NO6/c1-36-24-12-6-9-21(16-24)27(32)18-37-30(35)22-10-5-11-23(15-22)31-28(33)25-14-13-20(17-26(25)29(31)34)19-7-3-2-4-8-19/h2-12,15-16,20,25-26H,13-14,17-18H2,1H3. The Kier molecular flexibility index (Phi) is 6.86. The van der Waals surface area contributed by atoms with Crippen molar-refractivity contribution in [2.45, 2.75) is 25.2 Å². The summed E-state index contributed by atoms with van der Waals surface area (Å²) in [6.07, 6.45) is 2.13. The summed E-state index contributed by atoms with van der Waals surface area (Å²) in [5, 5.41) is 0. The van der Waals surface area contributed by atoms with Crippen LogP contribution in [0.25, 0.3) is 0 Å². The molecule has 1 heterocycles. The van der Waals surface area contributed by atoms with E-state index in [1.807, 2.05) is 18.2 Å². The third-order valence-corrected chi connectivity index (χ3v) is 7.26. The van der Waals surface area contributed by atoms with Gasteiger partial charge in [0, 0.05) is 5.56 Å². The number of carbonyl (C=O) groups is 4. The molecule has 0 bridgehead atoms. The van der Waals surface area contributed by atoms with E-state index in [9.17, 15) is 19.2 Å². The van der Waals surface area contributed by atoms with Crippen LogP contribution in [0.5, 0.6) is 5.75 Å². The minimum Gasteiger partial charge on any atom is -0.497 e. The Morgan fingerprint density at radius 3 is 2.35 bits per heavy atom. The van der Waals surface area contributed by atoms with Crippen LogP contribution in [0.3, 0.4) is 0 Å². The highest BCUT2D eigenvalue weighted by Crippen LogP contribution is 2.45. The van der Waals surface area contributed by atoms with E-state index in [2.05, 4.69) is 12.1 Å². The van der Waals surface area contributed by atoms with Crippen LogP contribution in [0.1, 0.15) is 51.5 Å². The van der Waals surface area contributed by atoms with Gasteiger partial charge in [-0.2, -0.15) is 0 Å². The lowest BCUT2D eigenvalue weighted by Crippen LogP contribution is -2.31. The highest BCUT2D eigenvalue weighted by molar-refractivity contribution is 6.22. The molecular weight excluding hydrogens is 470 g/mol. The molecule has 0 aromatic heterocycles. The first-order valence-corrected chi connectivity index (χ1v) is 12.3. The van der Waals surface area contributed by atoms with Crippen molar-refractivity contribution in [3.8, 4) is 5.75 Å². The number of ether oxygens (including phenoxy) is 2. The zero-order valence-corrected chi connectivity index (χ0v) is 20.5. The van der Waals surface area contributed by atoms with Gasteiger partial charge in [-0.1, -0.05) is 48.5 Å². The number of hydrogen-bond donors (Lipinski definition) is 0. The van der Waals surface area contributed by atoms with E-state index in [4.69, 9.17) is 9.47 Å². The van der Waals surface area contributed by atoms with E-state index in [0.29, 0.717) is 29.8 Å². The van der Waals surface area contributed by atoms with Gasteiger partial charge in [0.15, 0.2) is 12.4 Å². The van der Waals surface area contributed by atoms with Crippen molar-refractivity contribution in [3.05, 3.63) is 95.6 Å². The number of benzene rings is 3. The molecular formula is C30H27NO6. The van der Waals surface area contributed by atoms with E-state index in [1.54, 1.807) is 36.4 Å². The molecule has 2 fully saturated rings. The van der Waals surface area contributed by atoms with Crippen LogP contribution in [-0.4, -0.2) is 37.3 Å². The van der Waals surface area contributed by atoms with Gasteiger partial charge >= 0.3 is 5.97 Å². The van der Waals surface area contributed by atoms with Crippen LogP contribution in [0.4, 0.5) is 5.69 Å². The van der Waals surface area contributed by atoms with Crippen LogP contribution in [0.2, 0.25) is 0 Å². The number of hydrogen-bond acceptors (Lipinski definition) is 6. The summed E-state index contributed by atoms with van der Waals surface area (Å²) in [7, 11) is 1.50. The number of Topliss-reactive ketones (excluding diaryl/α,β-unsaturated/α-hetero) is 1. The molecule has 5 rings (SSSR count). The van der Waals surface area contributed by atoms with Gasteiger partial charge in [-0.25, -0.2) is 4.79 Å². The maximum absolute atomic E-state index is 13.4. The normalized spacial score (nSPS) is 20.9. The largest absolute Gasteiger partial charge is 0.497 e. The number of methoxy groups -OCH3 is 1. The monoisotopic (exact) mass is 497 g/mol. The number of fused-ring (bicyclic) bond motifs is 1. The van der Waals surface area contributed by atoms with Crippen molar-refractivity contribution < 1.29 is 28.7 Å². The first kappa shape index (κ1) is 24.4. The molecule has 3 aromatic rings. The lowest BCUT2D eigenvalue weighted by atomic mass is 9.73. The molecule has 7 heteroatoms. The lowest BCUT2D eigenvalue weighted by molar-refractivity contribution is -0.122. The van der Waals surface area contributed by atoms with Crippen LogP contribution in [0.15, 0.2) is 78.9 Å². The molecule has 3 atom stereocenters. The predicted molar refractivity (Wildman–Crippen MR) is 137 cm³/mol. The molecule has 3 unspecified atom stereocenters. The number of ketones is 1. The Morgan fingerprint density at radius 2 is 1.57 bits per heavy atom. The summed E-state index contributed by atoms with van der Waals surface area (Å²) in [5.74, 6) is -1.48. The average Bonchev–Trinajstić information content (AvgIpc) is 3.20. The minimum atomic E-state index is -0.709. The molecule has 3 aromatic carbocycles. The Labute approximate surface area is 215 Å². The average molecular weight is 498 g/mol. The number of esters is 1. The van der Waals surface area contributed by atoms with Gasteiger partial charge in [0.2, 0.25) is 11.8 Å². The molecule has 1 saturated heterocycles. The zero-order valence-electron chi connectivity index (χ0n) is 20.5.